The molecule has 0 rings (SSSR count). The van der Waals surface area contributed by atoms with Crippen LogP contribution in [0.1, 0.15) is 27.2 Å². The molecule has 0 saturated heterocycles. The predicted molar refractivity (Wildman–Crippen MR) is 81.2 cm³/mol. The smallest absolute Gasteiger partial charge is 0.161 e. The number of halogens is 1. The van der Waals surface area contributed by atoms with Gasteiger partial charge in [0.15, 0.2) is 19.5 Å². The molecule has 0 heterocycles. The van der Waals surface area contributed by atoms with E-state index in [2.05, 4.69) is 56.5 Å². The van der Waals surface area contributed by atoms with E-state index in [1.807, 2.05) is 0 Å². The zero-order chi connectivity index (χ0) is 11.9. The molecular formula is C10H25IO2Si2. The lowest BCUT2D eigenvalue weighted by Crippen LogP contribution is -2.37. The van der Waals surface area contributed by atoms with Gasteiger partial charge in [0.25, 0.3) is 0 Å². The van der Waals surface area contributed by atoms with Crippen molar-refractivity contribution in [1.29, 1.82) is 0 Å². The largest absolute Gasteiger partial charge is 0.400 e. The van der Waals surface area contributed by atoms with Crippen LogP contribution in [-0.2, 0) is 8.85 Å². The van der Waals surface area contributed by atoms with Crippen molar-refractivity contribution in [2.24, 2.45) is 11.3 Å². The van der Waals surface area contributed by atoms with Gasteiger partial charge in [0.05, 0.1) is 0 Å². The van der Waals surface area contributed by atoms with E-state index < -0.39 is 0 Å². The second-order valence-electron chi connectivity index (χ2n) is 4.69. The van der Waals surface area contributed by atoms with Crippen molar-refractivity contribution in [3.63, 3.8) is 0 Å². The van der Waals surface area contributed by atoms with Crippen LogP contribution >= 0.6 is 22.6 Å². The first-order valence-electron chi connectivity index (χ1n) is 5.77. The average molecular weight is 360 g/mol. The third-order valence-corrected chi connectivity index (χ3v) is 5.19. The maximum absolute atomic E-state index is 5.84. The summed E-state index contributed by atoms with van der Waals surface area (Å²) >= 11 is 2.46. The molecule has 0 aliphatic heterocycles. The normalized spacial score (nSPS) is 18.0. The van der Waals surface area contributed by atoms with Gasteiger partial charge in [-0.1, -0.05) is 56.5 Å². The molecule has 92 valence electrons. The molecule has 0 fully saturated rings. The minimum absolute atomic E-state index is 0.0521. The lowest BCUT2D eigenvalue weighted by atomic mass is 9.83. The van der Waals surface area contributed by atoms with Gasteiger partial charge in [-0.05, 0) is 12.3 Å². The van der Waals surface area contributed by atoms with Crippen LogP contribution in [0, 0.1) is 11.3 Å². The molecule has 0 aromatic heterocycles. The zero-order valence-corrected chi connectivity index (χ0v) is 15.7. The van der Waals surface area contributed by atoms with Crippen LogP contribution in [0.2, 0.25) is 13.1 Å². The first-order valence-corrected chi connectivity index (χ1v) is 11.3. The number of hydrogen-bond acceptors (Lipinski definition) is 2. The molecule has 0 radical (unpaired) electrons. The summed E-state index contributed by atoms with van der Waals surface area (Å²) in [6, 6.07) is 0. The van der Waals surface area contributed by atoms with Gasteiger partial charge in [0, 0.05) is 9.84 Å². The Hall–Kier alpha value is 1.08. The van der Waals surface area contributed by atoms with Crippen molar-refractivity contribution in [1.82, 2.24) is 0 Å². The van der Waals surface area contributed by atoms with Crippen LogP contribution in [-0.4, -0.2) is 30.2 Å². The maximum atomic E-state index is 5.84. The molecule has 0 N–H and O–H groups in total. The molecular weight excluding hydrogens is 335 g/mol. The van der Waals surface area contributed by atoms with Gasteiger partial charge in [-0.2, -0.15) is 0 Å². The Balaban J connectivity index is 4.33. The van der Waals surface area contributed by atoms with E-state index in [9.17, 15) is 0 Å². The monoisotopic (exact) mass is 360 g/mol. The highest BCUT2D eigenvalue weighted by molar-refractivity contribution is 14.1. The van der Waals surface area contributed by atoms with Gasteiger partial charge in [0.2, 0.25) is 0 Å². The Labute approximate surface area is 113 Å². The Morgan fingerprint density at radius 2 is 1.67 bits per heavy atom. The third-order valence-electron chi connectivity index (χ3n) is 2.41. The van der Waals surface area contributed by atoms with Crippen LogP contribution in [0.15, 0.2) is 0 Å². The second-order valence-corrected chi connectivity index (χ2v) is 7.40. The van der Waals surface area contributed by atoms with Crippen molar-refractivity contribution < 1.29 is 8.85 Å². The molecule has 0 aliphatic rings. The summed E-state index contributed by atoms with van der Waals surface area (Å²) in [5.74, 6) is 0.743. The Kier molecular flexibility index (Phi) is 8.81. The molecule has 1 unspecified atom stereocenters. The number of hydrogen-bond donors (Lipinski definition) is 0. The van der Waals surface area contributed by atoms with E-state index >= 15 is 0 Å². The number of rotatable bonds is 8. The van der Waals surface area contributed by atoms with Crippen LogP contribution < -0.4 is 0 Å². The standard InChI is InChI=1S/C10H25IO2Si2/c1-8(7-11)6-10(2,3)9(12-14-4)13-15-5/h8-9H,6-7,14-15H2,1-5H3. The fourth-order valence-corrected chi connectivity index (χ4v) is 4.06. The molecule has 15 heavy (non-hydrogen) atoms. The topological polar surface area (TPSA) is 18.5 Å². The third kappa shape index (κ3) is 6.40. The lowest BCUT2D eigenvalue weighted by molar-refractivity contribution is -0.0860. The van der Waals surface area contributed by atoms with Gasteiger partial charge in [-0.3, -0.25) is 0 Å². The van der Waals surface area contributed by atoms with Crippen molar-refractivity contribution in [2.45, 2.75) is 46.6 Å². The Morgan fingerprint density at radius 3 is 2.00 bits per heavy atom. The van der Waals surface area contributed by atoms with Crippen molar-refractivity contribution in [3.05, 3.63) is 0 Å². The Morgan fingerprint density at radius 1 is 1.20 bits per heavy atom. The molecule has 0 spiro atoms. The van der Waals surface area contributed by atoms with Gasteiger partial charge in [-0.15, -0.1) is 0 Å². The average Bonchev–Trinajstić information content (AvgIpc) is 2.16. The van der Waals surface area contributed by atoms with E-state index in [1.165, 1.54) is 10.8 Å². The van der Waals surface area contributed by atoms with Crippen LogP contribution in [0.5, 0.6) is 0 Å². The van der Waals surface area contributed by atoms with Gasteiger partial charge < -0.3 is 8.85 Å². The Bertz CT molecular complexity index is 162. The first kappa shape index (κ1) is 16.1. The molecule has 0 aromatic carbocycles. The second kappa shape index (κ2) is 8.22. The first-order chi connectivity index (χ1) is 6.97. The molecule has 0 saturated carbocycles. The van der Waals surface area contributed by atoms with Gasteiger partial charge in [-0.25, -0.2) is 0 Å². The van der Waals surface area contributed by atoms with Gasteiger partial charge >= 0.3 is 0 Å². The van der Waals surface area contributed by atoms with Crippen LogP contribution in [0.25, 0.3) is 0 Å². The van der Waals surface area contributed by atoms with E-state index in [0.717, 1.165) is 5.92 Å². The van der Waals surface area contributed by atoms with Crippen molar-refractivity contribution in [3.8, 4) is 0 Å². The zero-order valence-electron chi connectivity index (χ0n) is 10.7. The summed E-state index contributed by atoms with van der Waals surface area (Å²) in [4.78, 5) is 0. The van der Waals surface area contributed by atoms with E-state index in [0.29, 0.717) is 0 Å². The van der Waals surface area contributed by atoms with Gasteiger partial charge in [0.1, 0.15) is 6.29 Å². The SMILES string of the molecule is C[SiH2]OC(O[SiH2]C)C(C)(C)CC(C)CI. The minimum Gasteiger partial charge on any atom is -0.400 e. The maximum Gasteiger partial charge on any atom is 0.161 e. The molecule has 5 heteroatoms. The molecule has 1 atom stereocenters. The van der Waals surface area contributed by atoms with E-state index in [1.54, 1.807) is 0 Å². The summed E-state index contributed by atoms with van der Waals surface area (Å²) < 4.78 is 12.9. The highest BCUT2D eigenvalue weighted by Gasteiger charge is 2.31. The summed E-state index contributed by atoms with van der Waals surface area (Å²) in [5.41, 5.74) is 0.163. The van der Waals surface area contributed by atoms with E-state index in [4.69, 9.17) is 8.85 Å². The molecule has 0 aliphatic carbocycles. The quantitative estimate of drug-likeness (QED) is 0.286. The van der Waals surface area contributed by atoms with Crippen LogP contribution in [0.4, 0.5) is 0 Å². The minimum atomic E-state index is -0.378. The predicted octanol–water partition coefficient (Wildman–Crippen LogP) is 2.10. The number of alkyl halides is 1. The highest BCUT2D eigenvalue weighted by atomic mass is 127. The fourth-order valence-electron chi connectivity index (χ4n) is 1.85. The van der Waals surface area contributed by atoms with Crippen LogP contribution in [0.3, 0.4) is 0 Å². The van der Waals surface area contributed by atoms with Crippen molar-refractivity contribution >= 4 is 42.1 Å². The summed E-state index contributed by atoms with van der Waals surface area (Å²) in [7, 11) is -0.757. The fraction of sp³-hybridized carbons (Fsp3) is 1.00. The molecule has 2 nitrogen and oxygen atoms in total. The summed E-state index contributed by atoms with van der Waals surface area (Å²) in [6.07, 6.45) is 1.24. The summed E-state index contributed by atoms with van der Waals surface area (Å²) in [6.45, 7) is 11.2. The molecule has 0 amide bonds. The molecule has 0 bridgehead atoms. The highest BCUT2D eigenvalue weighted by Crippen LogP contribution is 2.32. The van der Waals surface area contributed by atoms with Crippen molar-refractivity contribution in [2.75, 3.05) is 4.43 Å². The lowest BCUT2D eigenvalue weighted by Gasteiger charge is -2.36. The van der Waals surface area contributed by atoms with E-state index in [-0.39, 0.29) is 31.2 Å². The summed E-state index contributed by atoms with van der Waals surface area (Å²) in [5, 5.41) is 0. The molecule has 0 aromatic rings.